The molecular formula is C21H20N2O3PS+. The van der Waals surface area contributed by atoms with Gasteiger partial charge in [-0.15, -0.1) is 11.8 Å². The minimum Gasteiger partial charge on any atom is -0.403 e. The quantitative estimate of drug-likeness (QED) is 0.497. The smallest absolute Gasteiger partial charge is 0.379 e. The molecule has 1 unspecified atom stereocenters. The lowest BCUT2D eigenvalue weighted by Gasteiger charge is -2.20. The third kappa shape index (κ3) is 3.57. The first-order chi connectivity index (χ1) is 13.6. The summed E-state index contributed by atoms with van der Waals surface area (Å²) in [4.78, 5) is 0.505. The van der Waals surface area contributed by atoms with Crippen LogP contribution in [0, 0.1) is 11.3 Å². The summed E-state index contributed by atoms with van der Waals surface area (Å²) in [5.74, 6) is 0.352. The fraction of sp³-hybridized carbons (Fsp3) is 0.143. The van der Waals surface area contributed by atoms with Crippen molar-refractivity contribution in [3.8, 4) is 17.4 Å². The van der Waals surface area contributed by atoms with Crippen LogP contribution in [0.1, 0.15) is 12.5 Å². The molecule has 0 aliphatic heterocycles. The van der Waals surface area contributed by atoms with Gasteiger partial charge in [-0.1, -0.05) is 48.5 Å². The zero-order chi connectivity index (χ0) is 20.1. The molecule has 7 heteroatoms. The Hall–Kier alpha value is -2.58. The second kappa shape index (κ2) is 8.62. The Morgan fingerprint density at radius 2 is 1.75 bits per heavy atom. The summed E-state index contributed by atoms with van der Waals surface area (Å²) in [5.41, 5.74) is 1.00. The number of rotatable bonds is 6. The molecule has 2 aromatic carbocycles. The molecule has 5 nitrogen and oxygen atoms in total. The van der Waals surface area contributed by atoms with Gasteiger partial charge in [-0.3, -0.25) is 4.57 Å². The van der Waals surface area contributed by atoms with E-state index in [4.69, 9.17) is 14.4 Å². The van der Waals surface area contributed by atoms with Crippen molar-refractivity contribution in [3.05, 3.63) is 71.8 Å². The van der Waals surface area contributed by atoms with Crippen LogP contribution >= 0.6 is 19.1 Å². The van der Waals surface area contributed by atoms with E-state index < -0.39 is 7.37 Å². The maximum Gasteiger partial charge on any atom is 0.379 e. The highest BCUT2D eigenvalue weighted by molar-refractivity contribution is 7.99. The average Bonchev–Trinajstić information content (AvgIpc) is 2.74. The van der Waals surface area contributed by atoms with Crippen LogP contribution in [0.4, 0.5) is 0 Å². The topological polar surface area (TPSA) is 88.8 Å². The van der Waals surface area contributed by atoms with Gasteiger partial charge in [-0.25, -0.2) is 5.41 Å². The maximum absolute atomic E-state index is 14.0. The second-order valence-corrected chi connectivity index (χ2v) is 8.98. The number of hydrogen-bond donors (Lipinski definition) is 1. The van der Waals surface area contributed by atoms with Gasteiger partial charge in [-0.05, 0) is 25.3 Å². The molecule has 0 fully saturated rings. The van der Waals surface area contributed by atoms with Crippen molar-refractivity contribution in [2.24, 2.45) is 0 Å². The van der Waals surface area contributed by atoms with Gasteiger partial charge in [0.25, 0.3) is 7.37 Å². The Labute approximate surface area is 168 Å². The summed E-state index contributed by atoms with van der Waals surface area (Å²) < 4.78 is 25.7. The fourth-order valence-electron chi connectivity index (χ4n) is 2.99. The highest BCUT2D eigenvalue weighted by atomic mass is 32.2. The number of nitrogens with zero attached hydrogens (tertiary/aromatic N) is 1. The normalized spacial score (nSPS) is 12.9. The largest absolute Gasteiger partial charge is 0.403 e. The summed E-state index contributed by atoms with van der Waals surface area (Å²) in [6, 6.07) is 20.3. The van der Waals surface area contributed by atoms with Crippen LogP contribution in [0.15, 0.2) is 70.0 Å². The maximum atomic E-state index is 14.0. The molecule has 0 aliphatic rings. The Balaban J connectivity index is 2.37. The summed E-state index contributed by atoms with van der Waals surface area (Å²) in [7, 11) is -3.56. The van der Waals surface area contributed by atoms with Crippen LogP contribution in [-0.4, -0.2) is 12.9 Å². The molecule has 3 aromatic rings. The molecular weight excluding hydrogens is 391 g/mol. The minimum absolute atomic E-state index is 0.0113. The van der Waals surface area contributed by atoms with Crippen LogP contribution in [-0.2, 0) is 9.09 Å². The molecule has 142 valence electrons. The van der Waals surface area contributed by atoms with Gasteiger partial charge < -0.3 is 8.94 Å². The zero-order valence-corrected chi connectivity index (χ0v) is 17.3. The van der Waals surface area contributed by atoms with Gasteiger partial charge in [0.1, 0.15) is 11.6 Å². The SMILES string of the molecule is CCOP(=O)(c1ccccc1)c1c(SC)c(C#N)c(-c2ccccc2)oc1=[NH2+]. The van der Waals surface area contributed by atoms with Crippen molar-refractivity contribution in [3.63, 3.8) is 0 Å². The lowest BCUT2D eigenvalue weighted by molar-refractivity contribution is -0.196. The van der Waals surface area contributed by atoms with Gasteiger partial charge in [-0.2, -0.15) is 5.26 Å². The lowest BCUT2D eigenvalue weighted by Crippen LogP contribution is -2.54. The predicted molar refractivity (Wildman–Crippen MR) is 111 cm³/mol. The molecule has 1 heterocycles. The van der Waals surface area contributed by atoms with Crippen molar-refractivity contribution in [2.45, 2.75) is 11.8 Å². The van der Waals surface area contributed by atoms with E-state index in [0.29, 0.717) is 21.5 Å². The Morgan fingerprint density at radius 1 is 1.14 bits per heavy atom. The zero-order valence-electron chi connectivity index (χ0n) is 15.6. The Bertz CT molecular complexity index is 1120. The van der Waals surface area contributed by atoms with Gasteiger partial charge in [0.15, 0.2) is 11.1 Å². The van der Waals surface area contributed by atoms with Crippen LogP contribution in [0.25, 0.3) is 11.3 Å². The van der Waals surface area contributed by atoms with E-state index in [1.807, 2.05) is 42.7 Å². The lowest BCUT2D eigenvalue weighted by atomic mass is 10.1. The average molecular weight is 411 g/mol. The van der Waals surface area contributed by atoms with Crippen molar-refractivity contribution in [1.82, 2.24) is 0 Å². The molecule has 0 aliphatic carbocycles. The van der Waals surface area contributed by atoms with Crippen molar-refractivity contribution >= 4 is 29.7 Å². The molecule has 0 spiro atoms. The monoisotopic (exact) mass is 411 g/mol. The second-order valence-electron chi connectivity index (χ2n) is 5.83. The van der Waals surface area contributed by atoms with Crippen LogP contribution in [0.2, 0.25) is 0 Å². The summed E-state index contributed by atoms with van der Waals surface area (Å²) in [6.07, 6.45) is 1.81. The molecule has 0 radical (unpaired) electrons. The van der Waals surface area contributed by atoms with Crippen molar-refractivity contribution in [1.29, 1.82) is 5.26 Å². The summed E-state index contributed by atoms with van der Waals surface area (Å²) >= 11 is 1.30. The third-order valence-electron chi connectivity index (χ3n) is 4.17. The van der Waals surface area contributed by atoms with Crippen LogP contribution < -0.4 is 21.6 Å². The first-order valence-electron chi connectivity index (χ1n) is 8.66. The molecule has 1 aromatic heterocycles. The van der Waals surface area contributed by atoms with E-state index in [9.17, 15) is 9.83 Å². The van der Waals surface area contributed by atoms with Crippen LogP contribution in [0.5, 0.6) is 0 Å². The Kier molecular flexibility index (Phi) is 6.21. The van der Waals surface area contributed by atoms with Gasteiger partial charge in [0.05, 0.1) is 11.5 Å². The van der Waals surface area contributed by atoms with Gasteiger partial charge in [0.2, 0.25) is 0 Å². The minimum atomic E-state index is -3.56. The van der Waals surface area contributed by atoms with Gasteiger partial charge >= 0.3 is 5.55 Å². The molecule has 1 atom stereocenters. The molecule has 0 bridgehead atoms. The van der Waals surface area contributed by atoms with E-state index in [1.54, 1.807) is 31.2 Å². The highest BCUT2D eigenvalue weighted by Crippen LogP contribution is 2.47. The number of benzene rings is 2. The fourth-order valence-corrected chi connectivity index (χ4v) is 6.44. The van der Waals surface area contributed by atoms with Crippen molar-refractivity contribution in [2.75, 3.05) is 12.9 Å². The number of hydrogen-bond acceptors (Lipinski definition) is 5. The van der Waals surface area contributed by atoms with E-state index in [0.717, 1.165) is 5.56 Å². The third-order valence-corrected chi connectivity index (χ3v) is 7.77. The Morgan fingerprint density at radius 3 is 2.29 bits per heavy atom. The first kappa shape index (κ1) is 20.2. The highest BCUT2D eigenvalue weighted by Gasteiger charge is 2.38. The van der Waals surface area contributed by atoms with Gasteiger partial charge in [0, 0.05) is 10.9 Å². The number of nitriles is 1. The van der Waals surface area contributed by atoms with Crippen LogP contribution in [0.3, 0.4) is 0 Å². The van der Waals surface area contributed by atoms with E-state index in [2.05, 4.69) is 6.07 Å². The number of nitrogens with two attached hydrogens (primary N) is 1. The molecule has 0 saturated heterocycles. The molecule has 28 heavy (non-hydrogen) atoms. The molecule has 3 rings (SSSR count). The standard InChI is InChI=1S/C21H19N2O3PS/c1-3-25-27(24,16-12-8-5-9-13-16)19-20(28-2)17(14-22)18(26-21(19)23)15-10-6-4-7-11-15/h4-13,23H,3H2,1-2H3/p+1. The van der Waals surface area contributed by atoms with E-state index in [-0.39, 0.29) is 17.5 Å². The first-order valence-corrected chi connectivity index (χ1v) is 11.5. The molecule has 0 amide bonds. The molecule has 0 saturated carbocycles. The van der Waals surface area contributed by atoms with E-state index in [1.165, 1.54) is 11.8 Å². The number of thioether (sulfide) groups is 1. The predicted octanol–water partition coefficient (Wildman–Crippen LogP) is 2.47. The van der Waals surface area contributed by atoms with E-state index >= 15 is 0 Å². The molecule has 2 N–H and O–H groups in total. The summed E-state index contributed by atoms with van der Waals surface area (Å²) in [5, 5.41) is 16.9. The van der Waals surface area contributed by atoms with Crippen molar-refractivity contribution < 1.29 is 18.9 Å². The summed E-state index contributed by atoms with van der Waals surface area (Å²) in [6.45, 7) is 1.99.